The monoisotopic (exact) mass is 282 g/mol. The molecule has 0 radical (unpaired) electrons. The Morgan fingerprint density at radius 3 is 2.15 bits per heavy atom. The van der Waals surface area contributed by atoms with E-state index in [4.69, 9.17) is 0 Å². The van der Waals surface area contributed by atoms with Gasteiger partial charge in [-0.3, -0.25) is 0 Å². The summed E-state index contributed by atoms with van der Waals surface area (Å²) in [4.78, 5) is 2.74. The molecule has 1 N–H and O–H groups in total. The fraction of sp³-hybridized carbons (Fsp3) is 1.00. The van der Waals surface area contributed by atoms with Crippen molar-refractivity contribution < 1.29 is 0 Å². The summed E-state index contributed by atoms with van der Waals surface area (Å²) in [6.07, 6.45) is 8.23. The van der Waals surface area contributed by atoms with E-state index in [0.29, 0.717) is 11.5 Å². The first kappa shape index (κ1) is 18.0. The van der Waals surface area contributed by atoms with Crippen molar-refractivity contribution in [3.63, 3.8) is 0 Å². The second-order valence-corrected chi connectivity index (χ2v) is 7.25. The fourth-order valence-corrected chi connectivity index (χ4v) is 3.52. The van der Waals surface area contributed by atoms with E-state index < -0.39 is 0 Å². The zero-order valence-corrected chi connectivity index (χ0v) is 14.7. The minimum atomic E-state index is 0.474. The largest absolute Gasteiger partial charge is 0.314 e. The average molecular weight is 283 g/mol. The summed E-state index contributed by atoms with van der Waals surface area (Å²) in [5.74, 6) is 1.00. The molecule has 0 aromatic rings. The van der Waals surface area contributed by atoms with Gasteiger partial charge in [-0.1, -0.05) is 47.5 Å². The van der Waals surface area contributed by atoms with Crippen molar-refractivity contribution in [3.05, 3.63) is 0 Å². The number of nitrogens with one attached hydrogen (secondary N) is 1. The maximum Gasteiger partial charge on any atom is 0.00499 e. The standard InChI is InChI=1S/C18H38N2/c1-6-9-17-10-12-20(13-11-17)15-18(7-2,8-3)14-19-16(4)5/h16-17,19H,6-15H2,1-5H3. The van der Waals surface area contributed by atoms with Crippen LogP contribution in [0.3, 0.4) is 0 Å². The SMILES string of the molecule is CCCC1CCN(CC(CC)(CC)CNC(C)C)CC1. The lowest BCUT2D eigenvalue weighted by molar-refractivity contribution is 0.0968. The Kier molecular flexibility index (Phi) is 8.13. The summed E-state index contributed by atoms with van der Waals surface area (Å²) < 4.78 is 0. The molecule has 2 heteroatoms. The average Bonchev–Trinajstić information content (AvgIpc) is 2.46. The van der Waals surface area contributed by atoms with Gasteiger partial charge in [-0.25, -0.2) is 0 Å². The van der Waals surface area contributed by atoms with Crippen LogP contribution in [0.2, 0.25) is 0 Å². The van der Waals surface area contributed by atoms with Crippen molar-refractivity contribution in [2.45, 2.75) is 79.2 Å². The molecule has 0 aromatic carbocycles. The second kappa shape index (κ2) is 9.04. The van der Waals surface area contributed by atoms with Crippen LogP contribution in [0.1, 0.15) is 73.1 Å². The Morgan fingerprint density at radius 2 is 1.70 bits per heavy atom. The number of hydrogen-bond acceptors (Lipinski definition) is 2. The second-order valence-electron chi connectivity index (χ2n) is 7.25. The predicted octanol–water partition coefficient (Wildman–Crippen LogP) is 4.30. The van der Waals surface area contributed by atoms with Gasteiger partial charge in [-0.05, 0) is 50.1 Å². The lowest BCUT2D eigenvalue weighted by Gasteiger charge is -2.41. The summed E-state index contributed by atoms with van der Waals surface area (Å²) in [5.41, 5.74) is 0.474. The lowest BCUT2D eigenvalue weighted by Crippen LogP contribution is -2.47. The van der Waals surface area contributed by atoms with Crippen molar-refractivity contribution in [1.82, 2.24) is 10.2 Å². The van der Waals surface area contributed by atoms with E-state index in [1.165, 1.54) is 64.7 Å². The summed E-state index contributed by atoms with van der Waals surface area (Å²) >= 11 is 0. The first-order valence-corrected chi connectivity index (χ1v) is 9.01. The summed E-state index contributed by atoms with van der Waals surface area (Å²) in [7, 11) is 0. The highest BCUT2D eigenvalue weighted by Gasteiger charge is 2.30. The van der Waals surface area contributed by atoms with Crippen LogP contribution in [0.5, 0.6) is 0 Å². The van der Waals surface area contributed by atoms with E-state index >= 15 is 0 Å². The molecule has 0 aliphatic carbocycles. The smallest absolute Gasteiger partial charge is 0.00499 e. The Hall–Kier alpha value is -0.0800. The molecule has 0 saturated carbocycles. The zero-order chi connectivity index (χ0) is 15.0. The van der Waals surface area contributed by atoms with Gasteiger partial charge in [0.2, 0.25) is 0 Å². The third-order valence-electron chi connectivity index (χ3n) is 5.35. The van der Waals surface area contributed by atoms with Crippen LogP contribution in [0, 0.1) is 11.3 Å². The Labute approximate surface area is 127 Å². The molecule has 1 rings (SSSR count). The van der Waals surface area contributed by atoms with Gasteiger partial charge >= 0.3 is 0 Å². The molecular weight excluding hydrogens is 244 g/mol. The minimum absolute atomic E-state index is 0.474. The molecule has 1 heterocycles. The third kappa shape index (κ3) is 5.73. The van der Waals surface area contributed by atoms with Crippen LogP contribution in [0.15, 0.2) is 0 Å². The molecule has 0 spiro atoms. The summed E-state index contributed by atoms with van der Waals surface area (Å²) in [5, 5.41) is 3.68. The van der Waals surface area contributed by atoms with Crippen LogP contribution in [0.4, 0.5) is 0 Å². The molecule has 1 aliphatic rings. The zero-order valence-electron chi connectivity index (χ0n) is 14.7. The summed E-state index contributed by atoms with van der Waals surface area (Å²) in [6, 6.07) is 0.600. The predicted molar refractivity (Wildman–Crippen MR) is 90.2 cm³/mol. The van der Waals surface area contributed by atoms with E-state index in [0.717, 1.165) is 5.92 Å². The van der Waals surface area contributed by atoms with Crippen LogP contribution >= 0.6 is 0 Å². The van der Waals surface area contributed by atoms with Crippen LogP contribution in [0.25, 0.3) is 0 Å². The normalized spacial score (nSPS) is 18.9. The number of piperidine rings is 1. The molecule has 2 nitrogen and oxygen atoms in total. The minimum Gasteiger partial charge on any atom is -0.314 e. The highest BCUT2D eigenvalue weighted by atomic mass is 15.1. The molecular formula is C18H38N2. The van der Waals surface area contributed by atoms with Crippen LogP contribution in [-0.2, 0) is 0 Å². The molecule has 20 heavy (non-hydrogen) atoms. The van der Waals surface area contributed by atoms with Crippen molar-refractivity contribution in [1.29, 1.82) is 0 Å². The Balaban J connectivity index is 2.46. The molecule has 0 unspecified atom stereocenters. The van der Waals surface area contributed by atoms with Gasteiger partial charge in [0.15, 0.2) is 0 Å². The van der Waals surface area contributed by atoms with Crippen molar-refractivity contribution in [3.8, 4) is 0 Å². The molecule has 1 fully saturated rings. The van der Waals surface area contributed by atoms with Gasteiger partial charge < -0.3 is 10.2 Å². The highest BCUT2D eigenvalue weighted by molar-refractivity contribution is 4.85. The highest BCUT2D eigenvalue weighted by Crippen LogP contribution is 2.30. The van der Waals surface area contributed by atoms with Gasteiger partial charge in [0.05, 0.1) is 0 Å². The van der Waals surface area contributed by atoms with Gasteiger partial charge in [-0.15, -0.1) is 0 Å². The number of nitrogens with zero attached hydrogens (tertiary/aromatic N) is 1. The maximum absolute atomic E-state index is 3.68. The molecule has 1 saturated heterocycles. The first-order valence-electron chi connectivity index (χ1n) is 9.01. The molecule has 120 valence electrons. The Bertz CT molecular complexity index is 238. The number of likely N-dealkylation sites (tertiary alicyclic amines) is 1. The lowest BCUT2D eigenvalue weighted by atomic mass is 9.80. The topological polar surface area (TPSA) is 15.3 Å². The third-order valence-corrected chi connectivity index (χ3v) is 5.35. The van der Waals surface area contributed by atoms with E-state index in [9.17, 15) is 0 Å². The van der Waals surface area contributed by atoms with Crippen LogP contribution < -0.4 is 5.32 Å². The van der Waals surface area contributed by atoms with Gasteiger partial charge in [-0.2, -0.15) is 0 Å². The first-order chi connectivity index (χ1) is 9.55. The molecule has 1 aliphatic heterocycles. The van der Waals surface area contributed by atoms with Crippen molar-refractivity contribution in [2.75, 3.05) is 26.2 Å². The molecule has 0 amide bonds. The molecule has 0 bridgehead atoms. The molecule has 0 aromatic heterocycles. The Morgan fingerprint density at radius 1 is 1.10 bits per heavy atom. The van der Waals surface area contributed by atoms with Crippen LogP contribution in [-0.4, -0.2) is 37.1 Å². The van der Waals surface area contributed by atoms with Gasteiger partial charge in [0, 0.05) is 19.1 Å². The van der Waals surface area contributed by atoms with Gasteiger partial charge in [0.25, 0.3) is 0 Å². The van der Waals surface area contributed by atoms with E-state index in [1.807, 2.05) is 0 Å². The maximum atomic E-state index is 3.68. The summed E-state index contributed by atoms with van der Waals surface area (Å²) in [6.45, 7) is 16.7. The van der Waals surface area contributed by atoms with Crippen molar-refractivity contribution in [2.24, 2.45) is 11.3 Å². The van der Waals surface area contributed by atoms with E-state index in [-0.39, 0.29) is 0 Å². The number of hydrogen-bond donors (Lipinski definition) is 1. The quantitative estimate of drug-likeness (QED) is 0.678. The van der Waals surface area contributed by atoms with E-state index in [2.05, 4.69) is 44.8 Å². The fourth-order valence-electron chi connectivity index (χ4n) is 3.52. The number of rotatable bonds is 9. The van der Waals surface area contributed by atoms with Crippen molar-refractivity contribution >= 4 is 0 Å². The van der Waals surface area contributed by atoms with E-state index in [1.54, 1.807) is 0 Å². The molecule has 0 atom stereocenters. The van der Waals surface area contributed by atoms with Gasteiger partial charge in [0.1, 0.15) is 0 Å².